The summed E-state index contributed by atoms with van der Waals surface area (Å²) in [4.78, 5) is 0. The Labute approximate surface area is 91.7 Å². The molecule has 15 heavy (non-hydrogen) atoms. The van der Waals surface area contributed by atoms with E-state index in [1.807, 2.05) is 0 Å². The minimum Gasteiger partial charge on any atom is -0.310 e. The molecule has 0 unspecified atom stereocenters. The Morgan fingerprint density at radius 1 is 1.13 bits per heavy atom. The lowest BCUT2D eigenvalue weighted by atomic mass is 10.0. The maximum atomic E-state index is 13.3. The fourth-order valence-corrected chi connectivity index (χ4v) is 1.43. The van der Waals surface area contributed by atoms with Crippen molar-refractivity contribution in [1.82, 2.24) is 5.32 Å². The first-order chi connectivity index (χ1) is 6.99. The molecule has 1 aromatic carbocycles. The molecule has 0 aromatic heterocycles. The predicted molar refractivity (Wildman–Crippen MR) is 62.5 cm³/mol. The van der Waals surface area contributed by atoms with E-state index in [1.54, 1.807) is 12.1 Å². The summed E-state index contributed by atoms with van der Waals surface area (Å²) in [5, 5.41) is 3.29. The molecule has 0 bridgehead atoms. The predicted octanol–water partition coefficient (Wildman–Crippen LogP) is 3.45. The van der Waals surface area contributed by atoms with Crippen LogP contribution >= 0.6 is 0 Å². The molecule has 0 atom stereocenters. The van der Waals surface area contributed by atoms with E-state index in [-0.39, 0.29) is 5.82 Å². The van der Waals surface area contributed by atoms with E-state index >= 15 is 0 Å². The van der Waals surface area contributed by atoms with E-state index in [0.29, 0.717) is 12.0 Å². The fourth-order valence-electron chi connectivity index (χ4n) is 1.43. The van der Waals surface area contributed by atoms with Crippen LogP contribution in [0.5, 0.6) is 0 Å². The van der Waals surface area contributed by atoms with Crippen molar-refractivity contribution in [3.63, 3.8) is 0 Å². The van der Waals surface area contributed by atoms with Crippen LogP contribution in [0.2, 0.25) is 0 Å². The van der Waals surface area contributed by atoms with Crippen molar-refractivity contribution in [1.29, 1.82) is 0 Å². The van der Waals surface area contributed by atoms with Crippen LogP contribution in [0.25, 0.3) is 0 Å². The topological polar surface area (TPSA) is 12.0 Å². The first-order valence-electron chi connectivity index (χ1n) is 5.51. The van der Waals surface area contributed by atoms with Crippen LogP contribution in [0.1, 0.15) is 44.7 Å². The average Bonchev–Trinajstić information content (AvgIpc) is 2.13. The zero-order valence-corrected chi connectivity index (χ0v) is 9.97. The van der Waals surface area contributed by atoms with E-state index in [9.17, 15) is 4.39 Å². The molecule has 1 aromatic rings. The minimum atomic E-state index is -0.137. The maximum Gasteiger partial charge on any atom is 0.123 e. The summed E-state index contributed by atoms with van der Waals surface area (Å²) in [7, 11) is 0. The summed E-state index contributed by atoms with van der Waals surface area (Å²) in [6.45, 7) is 9.06. The van der Waals surface area contributed by atoms with Crippen LogP contribution in [-0.4, -0.2) is 6.04 Å². The highest BCUT2D eigenvalue weighted by molar-refractivity contribution is 5.26. The van der Waals surface area contributed by atoms with Crippen molar-refractivity contribution >= 4 is 0 Å². The molecule has 1 N–H and O–H groups in total. The zero-order chi connectivity index (χ0) is 11.4. The zero-order valence-electron chi connectivity index (χ0n) is 9.97. The first-order valence-corrected chi connectivity index (χ1v) is 5.51. The fraction of sp³-hybridized carbons (Fsp3) is 0.538. The standard InChI is InChI=1S/C13H20FN/c1-9(2)12-5-11(6-13(14)7-12)8-15-10(3)4/h5-7,9-10,15H,8H2,1-4H3. The van der Waals surface area contributed by atoms with Crippen molar-refractivity contribution < 1.29 is 4.39 Å². The van der Waals surface area contributed by atoms with Crippen LogP contribution in [0.4, 0.5) is 4.39 Å². The number of rotatable bonds is 4. The maximum absolute atomic E-state index is 13.3. The normalized spacial score (nSPS) is 11.4. The van der Waals surface area contributed by atoms with Crippen molar-refractivity contribution in [2.75, 3.05) is 0 Å². The molecule has 2 heteroatoms. The van der Waals surface area contributed by atoms with Crippen LogP contribution in [0.3, 0.4) is 0 Å². The highest BCUT2D eigenvalue weighted by atomic mass is 19.1. The molecule has 0 fully saturated rings. The van der Waals surface area contributed by atoms with E-state index in [4.69, 9.17) is 0 Å². The number of benzene rings is 1. The Hall–Kier alpha value is -0.890. The molecule has 1 nitrogen and oxygen atoms in total. The molecule has 0 heterocycles. The van der Waals surface area contributed by atoms with Gasteiger partial charge in [0, 0.05) is 12.6 Å². The number of nitrogens with one attached hydrogen (secondary N) is 1. The van der Waals surface area contributed by atoms with Gasteiger partial charge in [0.05, 0.1) is 0 Å². The first kappa shape index (κ1) is 12.2. The van der Waals surface area contributed by atoms with Gasteiger partial charge in [-0.3, -0.25) is 0 Å². The SMILES string of the molecule is CC(C)NCc1cc(F)cc(C(C)C)c1. The second-order valence-corrected chi connectivity index (χ2v) is 4.58. The van der Waals surface area contributed by atoms with Crippen molar-refractivity contribution in [3.05, 3.63) is 35.1 Å². The van der Waals surface area contributed by atoms with E-state index < -0.39 is 0 Å². The highest BCUT2D eigenvalue weighted by Crippen LogP contribution is 2.17. The van der Waals surface area contributed by atoms with Gasteiger partial charge >= 0.3 is 0 Å². The molecular weight excluding hydrogens is 189 g/mol. The van der Waals surface area contributed by atoms with E-state index in [0.717, 1.165) is 17.7 Å². The van der Waals surface area contributed by atoms with Gasteiger partial charge in [-0.2, -0.15) is 0 Å². The minimum absolute atomic E-state index is 0.137. The lowest BCUT2D eigenvalue weighted by Gasteiger charge is -2.11. The third-order valence-electron chi connectivity index (χ3n) is 2.36. The molecule has 1 rings (SSSR count). The van der Waals surface area contributed by atoms with Gasteiger partial charge in [-0.05, 0) is 29.2 Å². The van der Waals surface area contributed by atoms with E-state index in [2.05, 4.69) is 39.1 Å². The Morgan fingerprint density at radius 3 is 2.33 bits per heavy atom. The molecule has 0 saturated heterocycles. The van der Waals surface area contributed by atoms with E-state index in [1.165, 1.54) is 0 Å². The number of halogens is 1. The third-order valence-corrected chi connectivity index (χ3v) is 2.36. The Kier molecular flexibility index (Phi) is 4.28. The third kappa shape index (κ3) is 4.00. The monoisotopic (exact) mass is 209 g/mol. The molecule has 0 aliphatic heterocycles. The summed E-state index contributed by atoms with van der Waals surface area (Å²) >= 11 is 0. The molecule has 0 aliphatic rings. The lowest BCUT2D eigenvalue weighted by Crippen LogP contribution is -2.21. The van der Waals surface area contributed by atoms with Gasteiger partial charge in [-0.25, -0.2) is 4.39 Å². The average molecular weight is 209 g/mol. The molecule has 0 spiro atoms. The van der Waals surface area contributed by atoms with Crippen LogP contribution < -0.4 is 5.32 Å². The number of hydrogen-bond acceptors (Lipinski definition) is 1. The largest absolute Gasteiger partial charge is 0.310 e. The van der Waals surface area contributed by atoms with Crippen molar-refractivity contribution in [3.8, 4) is 0 Å². The molecule has 84 valence electrons. The van der Waals surface area contributed by atoms with Gasteiger partial charge in [0.1, 0.15) is 5.82 Å². The Balaban J connectivity index is 2.79. The highest BCUT2D eigenvalue weighted by Gasteiger charge is 2.04. The quantitative estimate of drug-likeness (QED) is 0.801. The van der Waals surface area contributed by atoms with Gasteiger partial charge in [-0.1, -0.05) is 33.8 Å². The molecule has 0 radical (unpaired) electrons. The van der Waals surface area contributed by atoms with Crippen LogP contribution in [0.15, 0.2) is 18.2 Å². The van der Waals surface area contributed by atoms with Crippen LogP contribution in [-0.2, 0) is 6.54 Å². The summed E-state index contributed by atoms with van der Waals surface area (Å²) in [5.41, 5.74) is 2.09. The van der Waals surface area contributed by atoms with Crippen LogP contribution in [0, 0.1) is 5.82 Å². The van der Waals surface area contributed by atoms with Gasteiger partial charge in [0.25, 0.3) is 0 Å². The molecule has 0 aliphatic carbocycles. The Bertz CT molecular complexity index is 318. The molecular formula is C13H20FN. The van der Waals surface area contributed by atoms with Gasteiger partial charge in [0.15, 0.2) is 0 Å². The van der Waals surface area contributed by atoms with Gasteiger partial charge in [0.2, 0.25) is 0 Å². The van der Waals surface area contributed by atoms with Gasteiger partial charge in [-0.15, -0.1) is 0 Å². The summed E-state index contributed by atoms with van der Waals surface area (Å²) in [6, 6.07) is 5.71. The van der Waals surface area contributed by atoms with Crippen molar-refractivity contribution in [2.45, 2.75) is 46.2 Å². The summed E-state index contributed by atoms with van der Waals surface area (Å²) in [6.07, 6.45) is 0. The smallest absolute Gasteiger partial charge is 0.123 e. The second kappa shape index (κ2) is 5.26. The number of hydrogen-bond donors (Lipinski definition) is 1. The summed E-state index contributed by atoms with van der Waals surface area (Å²) < 4.78 is 13.3. The summed E-state index contributed by atoms with van der Waals surface area (Å²) in [5.74, 6) is 0.236. The van der Waals surface area contributed by atoms with Gasteiger partial charge < -0.3 is 5.32 Å². The Morgan fingerprint density at radius 2 is 1.80 bits per heavy atom. The lowest BCUT2D eigenvalue weighted by molar-refractivity contribution is 0.579. The van der Waals surface area contributed by atoms with Crippen molar-refractivity contribution in [2.24, 2.45) is 0 Å². The second-order valence-electron chi connectivity index (χ2n) is 4.58. The molecule has 0 saturated carbocycles. The molecule has 0 amide bonds.